The van der Waals surface area contributed by atoms with Crippen LogP contribution in [-0.4, -0.2) is 29.1 Å². The molecule has 1 aromatic heterocycles. The predicted octanol–water partition coefficient (Wildman–Crippen LogP) is 2.11. The molecule has 2 aliphatic carbocycles. The van der Waals surface area contributed by atoms with Crippen LogP contribution in [-0.2, 0) is 22.4 Å². The minimum atomic E-state index is -0.0635. The lowest BCUT2D eigenvalue weighted by Gasteiger charge is -2.28. The zero-order chi connectivity index (χ0) is 13.9. The molecule has 3 rings (SSSR count). The summed E-state index contributed by atoms with van der Waals surface area (Å²) in [7, 11) is 1.47. The Labute approximate surface area is 119 Å². The third-order valence-corrected chi connectivity index (χ3v) is 4.48. The van der Waals surface area contributed by atoms with Crippen LogP contribution in [0.25, 0.3) is 0 Å². The number of methoxy groups -OCH3 is 1. The van der Waals surface area contributed by atoms with E-state index >= 15 is 0 Å². The van der Waals surface area contributed by atoms with E-state index in [1.54, 1.807) is 6.33 Å². The van der Waals surface area contributed by atoms with E-state index in [0.717, 1.165) is 44.3 Å². The van der Waals surface area contributed by atoms with Crippen LogP contribution >= 0.6 is 0 Å². The SMILES string of the molecule is COC(=O)C1CCC(Nc2ncnc3c2CCC3)CC1. The molecule has 1 N–H and O–H groups in total. The average molecular weight is 275 g/mol. The van der Waals surface area contributed by atoms with Crippen molar-refractivity contribution in [2.24, 2.45) is 5.92 Å². The van der Waals surface area contributed by atoms with Crippen molar-refractivity contribution in [1.82, 2.24) is 9.97 Å². The number of rotatable bonds is 3. The second-order valence-corrected chi connectivity index (χ2v) is 5.72. The fraction of sp³-hybridized carbons (Fsp3) is 0.667. The zero-order valence-corrected chi connectivity index (χ0v) is 11.9. The molecular weight excluding hydrogens is 254 g/mol. The van der Waals surface area contributed by atoms with Gasteiger partial charge in [-0.25, -0.2) is 9.97 Å². The van der Waals surface area contributed by atoms with Gasteiger partial charge in [-0.05, 0) is 44.9 Å². The molecule has 0 aliphatic heterocycles. The number of nitrogens with one attached hydrogen (secondary N) is 1. The number of hydrogen-bond acceptors (Lipinski definition) is 5. The van der Waals surface area contributed by atoms with Gasteiger partial charge in [-0.1, -0.05) is 0 Å². The van der Waals surface area contributed by atoms with E-state index in [2.05, 4.69) is 15.3 Å². The molecule has 0 radical (unpaired) electrons. The van der Waals surface area contributed by atoms with Crippen LogP contribution < -0.4 is 5.32 Å². The lowest BCUT2D eigenvalue weighted by atomic mass is 9.86. The molecule has 0 atom stereocenters. The van der Waals surface area contributed by atoms with Gasteiger partial charge in [0.15, 0.2) is 0 Å². The lowest BCUT2D eigenvalue weighted by Crippen LogP contribution is -2.30. The molecule has 0 spiro atoms. The van der Waals surface area contributed by atoms with Crippen LogP contribution in [0, 0.1) is 5.92 Å². The molecule has 2 aliphatic rings. The van der Waals surface area contributed by atoms with Crippen molar-refractivity contribution >= 4 is 11.8 Å². The van der Waals surface area contributed by atoms with Gasteiger partial charge in [-0.2, -0.15) is 0 Å². The van der Waals surface area contributed by atoms with E-state index in [9.17, 15) is 4.79 Å². The van der Waals surface area contributed by atoms with E-state index in [1.165, 1.54) is 24.8 Å². The summed E-state index contributed by atoms with van der Waals surface area (Å²) >= 11 is 0. The van der Waals surface area contributed by atoms with Crippen molar-refractivity contribution in [3.8, 4) is 0 Å². The normalized spacial score (nSPS) is 25.1. The largest absolute Gasteiger partial charge is 0.469 e. The molecule has 1 heterocycles. The third-order valence-electron chi connectivity index (χ3n) is 4.48. The molecule has 1 aromatic rings. The maximum Gasteiger partial charge on any atom is 0.308 e. The van der Waals surface area contributed by atoms with Gasteiger partial charge in [0.25, 0.3) is 0 Å². The highest BCUT2D eigenvalue weighted by atomic mass is 16.5. The van der Waals surface area contributed by atoms with Crippen molar-refractivity contribution < 1.29 is 9.53 Å². The van der Waals surface area contributed by atoms with Crippen molar-refractivity contribution in [1.29, 1.82) is 0 Å². The summed E-state index contributed by atoms with van der Waals surface area (Å²) in [5, 5.41) is 3.56. The molecular formula is C15H21N3O2. The van der Waals surface area contributed by atoms with Gasteiger partial charge < -0.3 is 10.1 Å². The fourth-order valence-electron chi connectivity index (χ4n) is 3.32. The Bertz CT molecular complexity index is 496. The van der Waals surface area contributed by atoms with E-state index < -0.39 is 0 Å². The monoisotopic (exact) mass is 275 g/mol. The smallest absolute Gasteiger partial charge is 0.308 e. The molecule has 0 unspecified atom stereocenters. The Morgan fingerprint density at radius 1 is 1.25 bits per heavy atom. The Hall–Kier alpha value is -1.65. The maximum absolute atomic E-state index is 11.5. The van der Waals surface area contributed by atoms with Crippen molar-refractivity contribution in [3.63, 3.8) is 0 Å². The summed E-state index contributed by atoms with van der Waals surface area (Å²) in [5.74, 6) is 1.02. The third kappa shape index (κ3) is 2.62. The molecule has 0 bridgehead atoms. The Balaban J connectivity index is 1.60. The van der Waals surface area contributed by atoms with Crippen molar-refractivity contribution in [2.45, 2.75) is 51.0 Å². The van der Waals surface area contributed by atoms with E-state index in [4.69, 9.17) is 4.74 Å². The van der Waals surface area contributed by atoms with Crippen LogP contribution in [0.3, 0.4) is 0 Å². The summed E-state index contributed by atoms with van der Waals surface area (Å²) in [6.45, 7) is 0. The quantitative estimate of drug-likeness (QED) is 0.856. The molecule has 20 heavy (non-hydrogen) atoms. The topological polar surface area (TPSA) is 64.1 Å². The molecule has 0 aromatic carbocycles. The Kier molecular flexibility index (Phi) is 3.85. The summed E-state index contributed by atoms with van der Waals surface area (Å²) in [4.78, 5) is 20.3. The average Bonchev–Trinajstić information content (AvgIpc) is 2.97. The first kappa shape index (κ1) is 13.3. The van der Waals surface area contributed by atoms with Crippen LogP contribution in [0.5, 0.6) is 0 Å². The number of aromatic nitrogens is 2. The number of anilines is 1. The summed E-state index contributed by atoms with van der Waals surface area (Å²) in [5.41, 5.74) is 2.49. The van der Waals surface area contributed by atoms with Gasteiger partial charge in [-0.15, -0.1) is 0 Å². The molecule has 0 saturated heterocycles. The summed E-state index contributed by atoms with van der Waals surface area (Å²) in [6.07, 6.45) is 8.79. The van der Waals surface area contributed by atoms with Gasteiger partial charge in [0.2, 0.25) is 0 Å². The van der Waals surface area contributed by atoms with Gasteiger partial charge >= 0.3 is 5.97 Å². The van der Waals surface area contributed by atoms with Gasteiger partial charge in [0, 0.05) is 17.3 Å². The number of carbonyl (C=O) groups is 1. The minimum absolute atomic E-state index is 0.0635. The number of fused-ring (bicyclic) bond motifs is 1. The van der Waals surface area contributed by atoms with Crippen LogP contribution in [0.2, 0.25) is 0 Å². The first-order valence-electron chi connectivity index (χ1n) is 7.45. The van der Waals surface area contributed by atoms with Gasteiger partial charge in [-0.3, -0.25) is 4.79 Å². The van der Waals surface area contributed by atoms with E-state index in [1.807, 2.05) is 0 Å². The van der Waals surface area contributed by atoms with Crippen LogP contribution in [0.4, 0.5) is 5.82 Å². The van der Waals surface area contributed by atoms with E-state index in [-0.39, 0.29) is 11.9 Å². The van der Waals surface area contributed by atoms with Gasteiger partial charge in [0.1, 0.15) is 12.1 Å². The number of aryl methyl sites for hydroxylation is 1. The second kappa shape index (κ2) is 5.77. The second-order valence-electron chi connectivity index (χ2n) is 5.72. The minimum Gasteiger partial charge on any atom is -0.469 e. The first-order valence-corrected chi connectivity index (χ1v) is 7.45. The molecule has 0 amide bonds. The first-order chi connectivity index (χ1) is 9.78. The molecule has 1 saturated carbocycles. The number of nitrogens with zero attached hydrogens (tertiary/aromatic N) is 2. The highest BCUT2D eigenvalue weighted by Crippen LogP contribution is 2.30. The Morgan fingerprint density at radius 2 is 2.05 bits per heavy atom. The molecule has 5 heteroatoms. The zero-order valence-electron chi connectivity index (χ0n) is 11.9. The molecule has 5 nitrogen and oxygen atoms in total. The number of esters is 1. The number of ether oxygens (including phenoxy) is 1. The van der Waals surface area contributed by atoms with Crippen LogP contribution in [0.1, 0.15) is 43.4 Å². The molecule has 108 valence electrons. The van der Waals surface area contributed by atoms with E-state index in [0.29, 0.717) is 6.04 Å². The van der Waals surface area contributed by atoms with Crippen molar-refractivity contribution in [2.75, 3.05) is 12.4 Å². The highest BCUT2D eigenvalue weighted by Gasteiger charge is 2.28. The summed E-state index contributed by atoms with van der Waals surface area (Å²) < 4.78 is 4.82. The number of carbonyl (C=O) groups excluding carboxylic acids is 1. The summed E-state index contributed by atoms with van der Waals surface area (Å²) in [6, 6.07) is 0.413. The standard InChI is InChI=1S/C15H21N3O2/c1-20-15(19)10-5-7-11(8-6-10)18-14-12-3-2-4-13(12)16-9-17-14/h9-11H,2-8H2,1H3,(H,16,17,18). The van der Waals surface area contributed by atoms with Gasteiger partial charge in [0.05, 0.1) is 13.0 Å². The number of hydrogen-bond donors (Lipinski definition) is 1. The molecule has 1 fully saturated rings. The lowest BCUT2D eigenvalue weighted by molar-refractivity contribution is -0.146. The van der Waals surface area contributed by atoms with Crippen molar-refractivity contribution in [3.05, 3.63) is 17.6 Å². The fourth-order valence-corrected chi connectivity index (χ4v) is 3.32. The highest BCUT2D eigenvalue weighted by molar-refractivity contribution is 5.72. The maximum atomic E-state index is 11.5. The Morgan fingerprint density at radius 3 is 2.80 bits per heavy atom. The van der Waals surface area contributed by atoms with Crippen LogP contribution in [0.15, 0.2) is 6.33 Å². The predicted molar refractivity (Wildman–Crippen MR) is 75.4 cm³/mol.